The summed E-state index contributed by atoms with van der Waals surface area (Å²) < 4.78 is 0. The van der Waals surface area contributed by atoms with E-state index in [1.165, 1.54) is 0 Å². The van der Waals surface area contributed by atoms with Crippen molar-refractivity contribution in [1.29, 1.82) is 0 Å². The highest BCUT2D eigenvalue weighted by molar-refractivity contribution is 6.34. The SMILES string of the molecule is CCCCN(c1c(Cl)cccc1C(=O)O)C(C)CC. The van der Waals surface area contributed by atoms with E-state index in [0.29, 0.717) is 10.7 Å². The minimum Gasteiger partial charge on any atom is -0.478 e. The van der Waals surface area contributed by atoms with Gasteiger partial charge in [0, 0.05) is 12.6 Å². The predicted molar refractivity (Wildman–Crippen MR) is 80.4 cm³/mol. The van der Waals surface area contributed by atoms with Gasteiger partial charge in [0.25, 0.3) is 0 Å². The Bertz CT molecular complexity index is 434. The molecule has 1 N–H and O–H groups in total. The molecule has 0 amide bonds. The van der Waals surface area contributed by atoms with Crippen molar-refractivity contribution in [2.24, 2.45) is 0 Å². The molecule has 1 aromatic carbocycles. The van der Waals surface area contributed by atoms with Gasteiger partial charge in [-0.25, -0.2) is 4.79 Å². The Balaban J connectivity index is 3.23. The number of halogens is 1. The third-order valence-electron chi connectivity index (χ3n) is 3.38. The number of hydrogen-bond acceptors (Lipinski definition) is 2. The largest absolute Gasteiger partial charge is 0.478 e. The number of anilines is 1. The Morgan fingerprint density at radius 3 is 2.63 bits per heavy atom. The van der Waals surface area contributed by atoms with Crippen LogP contribution in [0.4, 0.5) is 5.69 Å². The number of carbonyl (C=O) groups is 1. The Morgan fingerprint density at radius 2 is 2.11 bits per heavy atom. The normalized spacial score (nSPS) is 12.2. The summed E-state index contributed by atoms with van der Waals surface area (Å²) in [6.45, 7) is 7.15. The summed E-state index contributed by atoms with van der Waals surface area (Å²) >= 11 is 6.24. The highest BCUT2D eigenvalue weighted by Gasteiger charge is 2.21. The van der Waals surface area contributed by atoms with Crippen LogP contribution in [-0.2, 0) is 0 Å². The van der Waals surface area contributed by atoms with Crippen LogP contribution in [0.25, 0.3) is 0 Å². The number of benzene rings is 1. The maximum atomic E-state index is 11.4. The highest BCUT2D eigenvalue weighted by atomic mass is 35.5. The van der Waals surface area contributed by atoms with E-state index in [2.05, 4.69) is 25.7 Å². The van der Waals surface area contributed by atoms with Crippen LogP contribution in [0.15, 0.2) is 18.2 Å². The topological polar surface area (TPSA) is 40.5 Å². The molecule has 0 aliphatic carbocycles. The number of para-hydroxylation sites is 1. The summed E-state index contributed by atoms with van der Waals surface area (Å²) in [5.41, 5.74) is 0.934. The molecular formula is C15H22ClNO2. The van der Waals surface area contributed by atoms with Crippen molar-refractivity contribution in [2.75, 3.05) is 11.4 Å². The fourth-order valence-electron chi connectivity index (χ4n) is 2.08. The summed E-state index contributed by atoms with van der Waals surface area (Å²) in [7, 11) is 0. The molecule has 0 fully saturated rings. The average Bonchev–Trinajstić information content (AvgIpc) is 2.39. The molecule has 0 aliphatic heterocycles. The number of rotatable bonds is 7. The zero-order valence-electron chi connectivity index (χ0n) is 11.8. The standard InChI is InChI=1S/C15H22ClNO2/c1-4-6-10-17(11(3)5-2)14-12(15(18)19)8-7-9-13(14)16/h7-9,11H,4-6,10H2,1-3H3,(H,18,19). The van der Waals surface area contributed by atoms with Gasteiger partial charge in [0.05, 0.1) is 16.3 Å². The molecule has 4 heteroatoms. The Morgan fingerprint density at radius 1 is 1.42 bits per heavy atom. The third-order valence-corrected chi connectivity index (χ3v) is 3.68. The van der Waals surface area contributed by atoms with Crippen LogP contribution in [0.1, 0.15) is 50.4 Å². The van der Waals surface area contributed by atoms with Crippen LogP contribution < -0.4 is 4.90 Å². The first-order chi connectivity index (χ1) is 9.02. The smallest absolute Gasteiger partial charge is 0.337 e. The second kappa shape index (κ2) is 7.39. The van der Waals surface area contributed by atoms with Gasteiger partial charge in [0.15, 0.2) is 0 Å². The van der Waals surface area contributed by atoms with Gasteiger partial charge in [0.1, 0.15) is 0 Å². The van der Waals surface area contributed by atoms with E-state index in [-0.39, 0.29) is 11.6 Å². The first-order valence-electron chi connectivity index (χ1n) is 6.81. The molecule has 0 heterocycles. The molecule has 3 nitrogen and oxygen atoms in total. The van der Waals surface area contributed by atoms with Crippen molar-refractivity contribution in [1.82, 2.24) is 0 Å². The molecule has 1 atom stereocenters. The van der Waals surface area contributed by atoms with Gasteiger partial charge < -0.3 is 10.0 Å². The second-order valence-corrected chi connectivity index (χ2v) is 5.15. The van der Waals surface area contributed by atoms with Crippen molar-refractivity contribution in [3.8, 4) is 0 Å². The van der Waals surface area contributed by atoms with Crippen molar-refractivity contribution in [3.63, 3.8) is 0 Å². The molecule has 1 unspecified atom stereocenters. The summed E-state index contributed by atoms with van der Waals surface area (Å²) in [5.74, 6) is -0.928. The van der Waals surface area contributed by atoms with Gasteiger partial charge in [-0.05, 0) is 31.9 Å². The van der Waals surface area contributed by atoms with Crippen molar-refractivity contribution in [2.45, 2.75) is 46.1 Å². The van der Waals surface area contributed by atoms with Crippen LogP contribution in [0, 0.1) is 0 Å². The third kappa shape index (κ3) is 3.87. The molecule has 106 valence electrons. The highest BCUT2D eigenvalue weighted by Crippen LogP contribution is 2.32. The molecule has 1 aromatic rings. The molecule has 0 radical (unpaired) electrons. The van der Waals surface area contributed by atoms with E-state index in [1.54, 1.807) is 18.2 Å². The first-order valence-corrected chi connectivity index (χ1v) is 7.19. The Hall–Kier alpha value is -1.22. The van der Waals surface area contributed by atoms with Crippen molar-refractivity contribution < 1.29 is 9.90 Å². The van der Waals surface area contributed by atoms with Crippen LogP contribution in [0.3, 0.4) is 0 Å². The summed E-state index contributed by atoms with van der Waals surface area (Å²) in [6, 6.07) is 5.32. The molecule has 1 rings (SSSR count). The van der Waals surface area contributed by atoms with E-state index in [9.17, 15) is 9.90 Å². The van der Waals surface area contributed by atoms with Crippen LogP contribution in [0.5, 0.6) is 0 Å². The number of nitrogens with zero attached hydrogens (tertiary/aromatic N) is 1. The van der Waals surface area contributed by atoms with E-state index < -0.39 is 5.97 Å². The lowest BCUT2D eigenvalue weighted by Gasteiger charge is -2.32. The maximum absolute atomic E-state index is 11.4. The summed E-state index contributed by atoms with van der Waals surface area (Å²) in [4.78, 5) is 13.5. The van der Waals surface area contributed by atoms with Crippen molar-refractivity contribution >= 4 is 23.3 Å². The molecule has 0 spiro atoms. The van der Waals surface area contributed by atoms with Gasteiger partial charge in [-0.15, -0.1) is 0 Å². The van der Waals surface area contributed by atoms with Crippen molar-refractivity contribution in [3.05, 3.63) is 28.8 Å². The number of carboxylic acid groups (broad SMARTS) is 1. The summed E-state index contributed by atoms with van der Waals surface area (Å²) in [5, 5.41) is 9.84. The molecule has 19 heavy (non-hydrogen) atoms. The Kier molecular flexibility index (Phi) is 6.16. The minimum atomic E-state index is -0.928. The second-order valence-electron chi connectivity index (χ2n) is 4.75. The predicted octanol–water partition coefficient (Wildman–Crippen LogP) is 4.44. The molecule has 0 saturated carbocycles. The maximum Gasteiger partial charge on any atom is 0.337 e. The van der Waals surface area contributed by atoms with Crippen LogP contribution in [0.2, 0.25) is 5.02 Å². The van der Waals surface area contributed by atoms with E-state index in [1.807, 2.05) is 0 Å². The fourth-order valence-corrected chi connectivity index (χ4v) is 2.36. The Labute approximate surface area is 120 Å². The quantitative estimate of drug-likeness (QED) is 0.804. The van der Waals surface area contributed by atoms with Gasteiger partial charge in [-0.2, -0.15) is 0 Å². The minimum absolute atomic E-state index is 0.268. The zero-order chi connectivity index (χ0) is 14.4. The molecule has 0 aliphatic rings. The van der Waals surface area contributed by atoms with E-state index >= 15 is 0 Å². The van der Waals surface area contributed by atoms with Crippen LogP contribution in [-0.4, -0.2) is 23.7 Å². The number of carboxylic acids is 1. The number of hydrogen-bond donors (Lipinski definition) is 1. The lowest BCUT2D eigenvalue weighted by atomic mass is 10.1. The molecule has 0 bridgehead atoms. The molecule has 0 saturated heterocycles. The van der Waals surface area contributed by atoms with E-state index in [0.717, 1.165) is 25.8 Å². The van der Waals surface area contributed by atoms with Gasteiger partial charge in [0.2, 0.25) is 0 Å². The number of unbranched alkanes of at least 4 members (excludes halogenated alkanes) is 1. The van der Waals surface area contributed by atoms with E-state index in [4.69, 9.17) is 11.6 Å². The van der Waals surface area contributed by atoms with Gasteiger partial charge >= 0.3 is 5.97 Å². The van der Waals surface area contributed by atoms with Gasteiger partial charge in [-0.3, -0.25) is 0 Å². The first kappa shape index (κ1) is 15.8. The van der Waals surface area contributed by atoms with Gasteiger partial charge in [-0.1, -0.05) is 37.9 Å². The molecule has 0 aromatic heterocycles. The lowest BCUT2D eigenvalue weighted by molar-refractivity contribution is 0.0697. The molecular weight excluding hydrogens is 262 g/mol. The lowest BCUT2D eigenvalue weighted by Crippen LogP contribution is -2.35. The number of aromatic carboxylic acids is 1. The zero-order valence-corrected chi connectivity index (χ0v) is 12.6. The monoisotopic (exact) mass is 283 g/mol. The average molecular weight is 284 g/mol. The fraction of sp³-hybridized carbons (Fsp3) is 0.533. The van der Waals surface area contributed by atoms with Crippen LogP contribution >= 0.6 is 11.6 Å². The summed E-state index contributed by atoms with van der Waals surface area (Å²) in [6.07, 6.45) is 3.04.